The maximum absolute atomic E-state index is 12.4. The number of fused-ring (bicyclic) bond motifs is 1. The third kappa shape index (κ3) is 2.99. The van der Waals surface area contributed by atoms with E-state index >= 15 is 0 Å². The molecule has 8 heteroatoms. The van der Waals surface area contributed by atoms with Crippen LogP contribution in [0.25, 0.3) is 22.2 Å². The molecule has 0 atom stereocenters. The Morgan fingerprint density at radius 2 is 1.80 bits per heavy atom. The number of nitrogen functional groups attached to an aromatic ring is 1. The minimum Gasteiger partial charge on any atom is -0.337 e. The van der Waals surface area contributed by atoms with Crippen molar-refractivity contribution in [2.24, 2.45) is 0 Å². The third-order valence-corrected chi connectivity index (χ3v) is 4.65. The van der Waals surface area contributed by atoms with Crippen LogP contribution in [0.5, 0.6) is 0 Å². The zero-order valence-corrected chi connectivity index (χ0v) is 13.9. The molecule has 0 amide bonds. The van der Waals surface area contributed by atoms with E-state index in [1.54, 1.807) is 18.3 Å². The Morgan fingerprint density at radius 3 is 2.64 bits per heavy atom. The van der Waals surface area contributed by atoms with Gasteiger partial charge in [0.25, 0.3) is 5.56 Å². The van der Waals surface area contributed by atoms with Crippen molar-refractivity contribution in [1.29, 1.82) is 0 Å². The van der Waals surface area contributed by atoms with Crippen LogP contribution in [0.2, 0.25) is 0 Å². The highest BCUT2D eigenvalue weighted by Crippen LogP contribution is 2.23. The Bertz CT molecular complexity index is 1090. The fraction of sp³-hybridized carbons (Fsp3) is 0.0588. The third-order valence-electron chi connectivity index (χ3n) is 3.71. The van der Waals surface area contributed by atoms with Crippen LogP contribution in [0.3, 0.4) is 0 Å². The van der Waals surface area contributed by atoms with Crippen molar-refractivity contribution in [2.75, 3.05) is 5.84 Å². The van der Waals surface area contributed by atoms with Crippen molar-refractivity contribution in [3.8, 4) is 11.3 Å². The SMILES string of the molecule is Nn1cc(-c2ccccc2)nc1SCn1nnc2ccccc2c1=O. The van der Waals surface area contributed by atoms with E-state index in [2.05, 4.69) is 15.3 Å². The Balaban J connectivity index is 1.59. The van der Waals surface area contributed by atoms with Crippen molar-refractivity contribution in [1.82, 2.24) is 24.7 Å². The fourth-order valence-corrected chi connectivity index (χ4v) is 3.23. The topological polar surface area (TPSA) is 91.6 Å². The lowest BCUT2D eigenvalue weighted by atomic mass is 10.2. The van der Waals surface area contributed by atoms with Gasteiger partial charge >= 0.3 is 0 Å². The second-order valence-electron chi connectivity index (χ2n) is 5.37. The van der Waals surface area contributed by atoms with Crippen LogP contribution in [-0.4, -0.2) is 24.7 Å². The average molecular weight is 350 g/mol. The van der Waals surface area contributed by atoms with E-state index in [0.29, 0.717) is 16.1 Å². The molecule has 0 radical (unpaired) electrons. The lowest BCUT2D eigenvalue weighted by Gasteiger charge is -2.04. The second-order valence-corrected chi connectivity index (χ2v) is 6.28. The number of hydrogen-bond acceptors (Lipinski definition) is 6. The molecule has 0 fully saturated rings. The number of benzene rings is 2. The standard InChI is InChI=1S/C17H14N6OS/c18-22-10-15(12-6-2-1-3-7-12)19-17(22)25-11-23-16(24)13-8-4-5-9-14(13)20-21-23/h1-10H,11,18H2. The Hall–Kier alpha value is -3.13. The average Bonchev–Trinajstić information content (AvgIpc) is 3.03. The van der Waals surface area contributed by atoms with Crippen LogP contribution >= 0.6 is 11.8 Å². The summed E-state index contributed by atoms with van der Waals surface area (Å²) >= 11 is 1.33. The van der Waals surface area contributed by atoms with Gasteiger partial charge in [0.2, 0.25) is 0 Å². The van der Waals surface area contributed by atoms with Crippen LogP contribution in [0.4, 0.5) is 0 Å². The fourth-order valence-electron chi connectivity index (χ4n) is 2.46. The molecule has 0 aliphatic carbocycles. The van der Waals surface area contributed by atoms with Gasteiger partial charge in [-0.2, -0.15) is 4.68 Å². The van der Waals surface area contributed by atoms with E-state index in [-0.39, 0.29) is 11.4 Å². The first-order chi connectivity index (χ1) is 12.2. The van der Waals surface area contributed by atoms with Gasteiger partial charge < -0.3 is 5.84 Å². The molecule has 0 unspecified atom stereocenters. The highest BCUT2D eigenvalue weighted by Gasteiger charge is 2.10. The van der Waals surface area contributed by atoms with Gasteiger partial charge in [-0.3, -0.25) is 4.79 Å². The van der Waals surface area contributed by atoms with Gasteiger partial charge in [0.05, 0.1) is 23.2 Å². The minimum absolute atomic E-state index is 0.184. The summed E-state index contributed by atoms with van der Waals surface area (Å²) in [4.78, 5) is 17.0. The molecule has 2 N–H and O–H groups in total. The van der Waals surface area contributed by atoms with Crippen molar-refractivity contribution >= 4 is 22.7 Å². The molecule has 0 aliphatic rings. The van der Waals surface area contributed by atoms with E-state index < -0.39 is 0 Å². The van der Waals surface area contributed by atoms with Crippen LogP contribution in [-0.2, 0) is 5.88 Å². The van der Waals surface area contributed by atoms with Gasteiger partial charge in [0.15, 0.2) is 5.16 Å². The molecule has 4 aromatic rings. The maximum atomic E-state index is 12.4. The number of nitrogens with zero attached hydrogens (tertiary/aromatic N) is 5. The normalized spacial score (nSPS) is 11.0. The summed E-state index contributed by atoms with van der Waals surface area (Å²) in [5.41, 5.74) is 2.16. The van der Waals surface area contributed by atoms with E-state index in [9.17, 15) is 4.79 Å². The van der Waals surface area contributed by atoms with Crippen molar-refractivity contribution < 1.29 is 0 Å². The molecule has 7 nitrogen and oxygen atoms in total. The van der Waals surface area contributed by atoms with Gasteiger partial charge in [0.1, 0.15) is 5.52 Å². The van der Waals surface area contributed by atoms with Crippen LogP contribution in [0.1, 0.15) is 0 Å². The molecule has 25 heavy (non-hydrogen) atoms. The number of imidazole rings is 1. The number of aromatic nitrogens is 5. The Kier molecular flexibility index (Phi) is 3.95. The summed E-state index contributed by atoms with van der Waals surface area (Å²) in [5, 5.41) is 9.18. The van der Waals surface area contributed by atoms with E-state index in [1.807, 2.05) is 42.5 Å². The van der Waals surface area contributed by atoms with E-state index in [1.165, 1.54) is 21.1 Å². The lowest BCUT2D eigenvalue weighted by Crippen LogP contribution is -2.23. The molecule has 0 saturated carbocycles. The van der Waals surface area contributed by atoms with Gasteiger partial charge in [-0.1, -0.05) is 59.4 Å². The van der Waals surface area contributed by atoms with Gasteiger partial charge in [0, 0.05) is 5.56 Å². The molecule has 0 aliphatic heterocycles. The number of hydrogen-bond donors (Lipinski definition) is 1. The zero-order chi connectivity index (χ0) is 17.2. The first kappa shape index (κ1) is 15.4. The molecule has 2 aromatic heterocycles. The highest BCUT2D eigenvalue weighted by atomic mass is 32.2. The van der Waals surface area contributed by atoms with Crippen molar-refractivity contribution in [2.45, 2.75) is 11.0 Å². The largest absolute Gasteiger partial charge is 0.337 e. The minimum atomic E-state index is -0.184. The quantitative estimate of drug-likeness (QED) is 0.448. The summed E-state index contributed by atoms with van der Waals surface area (Å²) in [7, 11) is 0. The summed E-state index contributed by atoms with van der Waals surface area (Å²) in [6, 6.07) is 16.9. The monoisotopic (exact) mass is 350 g/mol. The number of thioether (sulfide) groups is 1. The van der Waals surface area contributed by atoms with Gasteiger partial charge in [-0.15, -0.1) is 5.10 Å². The van der Waals surface area contributed by atoms with Gasteiger partial charge in [-0.25, -0.2) is 9.66 Å². The molecular weight excluding hydrogens is 336 g/mol. The Morgan fingerprint density at radius 1 is 1.04 bits per heavy atom. The van der Waals surface area contributed by atoms with Crippen molar-refractivity contribution in [3.63, 3.8) is 0 Å². The molecule has 0 spiro atoms. The summed E-state index contributed by atoms with van der Waals surface area (Å²) in [6.07, 6.45) is 1.76. The van der Waals surface area contributed by atoms with Crippen LogP contribution in [0, 0.1) is 0 Å². The molecule has 2 aromatic carbocycles. The summed E-state index contributed by atoms with van der Waals surface area (Å²) in [6.45, 7) is 0. The lowest BCUT2D eigenvalue weighted by molar-refractivity contribution is 0.643. The summed E-state index contributed by atoms with van der Waals surface area (Å²) < 4.78 is 2.76. The van der Waals surface area contributed by atoms with Gasteiger partial charge in [-0.05, 0) is 12.1 Å². The molecule has 0 saturated heterocycles. The molecule has 4 rings (SSSR count). The predicted molar refractivity (Wildman–Crippen MR) is 97.5 cm³/mol. The Labute approximate surface area is 147 Å². The smallest absolute Gasteiger partial charge is 0.278 e. The molecule has 0 bridgehead atoms. The maximum Gasteiger partial charge on any atom is 0.278 e. The van der Waals surface area contributed by atoms with E-state index in [4.69, 9.17) is 5.84 Å². The zero-order valence-electron chi connectivity index (χ0n) is 13.1. The molecule has 2 heterocycles. The molecule has 124 valence electrons. The van der Waals surface area contributed by atoms with Crippen molar-refractivity contribution in [3.05, 3.63) is 71.1 Å². The number of nitrogens with two attached hydrogens (primary N) is 1. The number of rotatable bonds is 4. The first-order valence-corrected chi connectivity index (χ1v) is 8.56. The first-order valence-electron chi connectivity index (χ1n) is 7.57. The second kappa shape index (κ2) is 6.40. The van der Waals surface area contributed by atoms with Crippen LogP contribution in [0.15, 0.2) is 70.7 Å². The molecular formula is C17H14N6OS. The highest BCUT2D eigenvalue weighted by molar-refractivity contribution is 7.98. The predicted octanol–water partition coefficient (Wildman–Crippen LogP) is 2.12. The van der Waals surface area contributed by atoms with Crippen LogP contribution < -0.4 is 11.4 Å². The van der Waals surface area contributed by atoms with E-state index in [0.717, 1.165) is 11.3 Å². The summed E-state index contributed by atoms with van der Waals surface area (Å²) in [5.74, 6) is 6.26.